The van der Waals surface area contributed by atoms with E-state index in [0.717, 1.165) is 5.92 Å². The van der Waals surface area contributed by atoms with Crippen molar-refractivity contribution >= 4 is 5.71 Å². The van der Waals surface area contributed by atoms with E-state index in [1.54, 1.807) is 0 Å². The lowest BCUT2D eigenvalue weighted by Gasteiger charge is -1.91. The van der Waals surface area contributed by atoms with Gasteiger partial charge in [-0.15, -0.1) is 0 Å². The van der Waals surface area contributed by atoms with Crippen LogP contribution in [0.2, 0.25) is 0 Å². The van der Waals surface area contributed by atoms with Crippen LogP contribution >= 0.6 is 0 Å². The molecular weight excluding hydrogens is 110 g/mol. The summed E-state index contributed by atoms with van der Waals surface area (Å²) in [7, 11) is 1.87. The molecule has 1 aliphatic rings. The summed E-state index contributed by atoms with van der Waals surface area (Å²) in [5.74, 6) is 0.797. The molecule has 0 bridgehead atoms. The smallest absolute Gasteiger partial charge is 0.0372 e. The molecule has 1 fully saturated rings. The van der Waals surface area contributed by atoms with Gasteiger partial charge in [0.1, 0.15) is 0 Å². The molecule has 9 heavy (non-hydrogen) atoms. The summed E-state index contributed by atoms with van der Waals surface area (Å²) in [6, 6.07) is 0. The summed E-state index contributed by atoms with van der Waals surface area (Å²) in [4.78, 5) is 4.17. The predicted octanol–water partition coefficient (Wildman–Crippen LogP) is 2.04. The Kier molecular flexibility index (Phi) is 2.04. The summed E-state index contributed by atoms with van der Waals surface area (Å²) in [5, 5.41) is 0. The van der Waals surface area contributed by atoms with E-state index >= 15 is 0 Å². The molecule has 0 unspecified atom stereocenters. The molecule has 0 aliphatic heterocycles. The maximum atomic E-state index is 4.17. The van der Waals surface area contributed by atoms with Gasteiger partial charge in [-0.05, 0) is 25.8 Å². The van der Waals surface area contributed by atoms with Gasteiger partial charge in [-0.2, -0.15) is 0 Å². The molecule has 0 aromatic rings. The van der Waals surface area contributed by atoms with Crippen LogP contribution in [-0.2, 0) is 0 Å². The first-order chi connectivity index (χ1) is 4.38. The average Bonchev–Trinajstić information content (AvgIpc) is 2.64. The summed E-state index contributed by atoms with van der Waals surface area (Å²) in [5.41, 5.74) is 1.28. The molecule has 1 rings (SSSR count). The summed E-state index contributed by atoms with van der Waals surface area (Å²) in [6.45, 7) is 2.04. The van der Waals surface area contributed by atoms with Crippen LogP contribution in [0.5, 0.6) is 0 Å². The molecule has 0 spiro atoms. The van der Waals surface area contributed by atoms with Crippen LogP contribution in [0.15, 0.2) is 17.1 Å². The minimum Gasteiger partial charge on any atom is -0.293 e. The summed E-state index contributed by atoms with van der Waals surface area (Å²) < 4.78 is 0. The molecule has 1 heteroatoms. The molecule has 0 amide bonds. The van der Waals surface area contributed by atoms with Crippen molar-refractivity contribution < 1.29 is 0 Å². The van der Waals surface area contributed by atoms with Crippen molar-refractivity contribution in [3.05, 3.63) is 12.2 Å². The van der Waals surface area contributed by atoms with Gasteiger partial charge in [0.2, 0.25) is 0 Å². The third-order valence-electron chi connectivity index (χ3n) is 1.59. The standard InChI is InChI=1S/C8H13N/c1-3-4-8(9-2)7-5-6-7/h3-4,7H,5-6H2,1-2H3/b4-3-,9-8?. The molecule has 50 valence electrons. The van der Waals surface area contributed by atoms with Crippen LogP contribution in [-0.4, -0.2) is 12.8 Å². The summed E-state index contributed by atoms with van der Waals surface area (Å²) >= 11 is 0. The fourth-order valence-electron chi connectivity index (χ4n) is 0.943. The van der Waals surface area contributed by atoms with Crippen molar-refractivity contribution in [2.24, 2.45) is 10.9 Å². The molecule has 0 heterocycles. The molecule has 1 saturated carbocycles. The lowest BCUT2D eigenvalue weighted by atomic mass is 10.2. The molecule has 0 radical (unpaired) electrons. The normalized spacial score (nSPS) is 21.3. The van der Waals surface area contributed by atoms with E-state index in [0.29, 0.717) is 0 Å². The number of nitrogens with zero attached hydrogens (tertiary/aromatic N) is 1. The van der Waals surface area contributed by atoms with Gasteiger partial charge < -0.3 is 0 Å². The first-order valence-corrected chi connectivity index (χ1v) is 3.48. The Morgan fingerprint density at radius 3 is 2.56 bits per heavy atom. The number of hydrogen-bond acceptors (Lipinski definition) is 1. The molecule has 0 aromatic carbocycles. The zero-order valence-corrected chi connectivity index (χ0v) is 6.09. The SMILES string of the molecule is C/C=C\C(=NC)C1CC1. The monoisotopic (exact) mass is 123 g/mol. The van der Waals surface area contributed by atoms with Crippen LogP contribution in [0.4, 0.5) is 0 Å². The van der Waals surface area contributed by atoms with Crippen molar-refractivity contribution in [1.82, 2.24) is 0 Å². The highest BCUT2D eigenvalue weighted by atomic mass is 14.7. The van der Waals surface area contributed by atoms with Crippen LogP contribution in [0, 0.1) is 5.92 Å². The Hall–Kier alpha value is -0.590. The molecule has 0 aromatic heterocycles. The molecule has 1 aliphatic carbocycles. The van der Waals surface area contributed by atoms with E-state index < -0.39 is 0 Å². The first kappa shape index (κ1) is 6.53. The van der Waals surface area contributed by atoms with Crippen LogP contribution < -0.4 is 0 Å². The van der Waals surface area contributed by atoms with E-state index in [2.05, 4.69) is 17.1 Å². The van der Waals surface area contributed by atoms with Gasteiger partial charge in [-0.3, -0.25) is 4.99 Å². The molecule has 0 saturated heterocycles. The maximum absolute atomic E-state index is 4.17. The molecule has 0 atom stereocenters. The number of rotatable bonds is 2. The highest BCUT2D eigenvalue weighted by Crippen LogP contribution is 2.30. The number of hydrogen-bond donors (Lipinski definition) is 0. The van der Waals surface area contributed by atoms with Gasteiger partial charge in [-0.25, -0.2) is 0 Å². The Morgan fingerprint density at radius 2 is 2.22 bits per heavy atom. The second-order valence-corrected chi connectivity index (χ2v) is 2.42. The quantitative estimate of drug-likeness (QED) is 0.498. The van der Waals surface area contributed by atoms with E-state index in [-0.39, 0.29) is 0 Å². The van der Waals surface area contributed by atoms with Gasteiger partial charge in [0.05, 0.1) is 0 Å². The van der Waals surface area contributed by atoms with Gasteiger partial charge in [-0.1, -0.05) is 6.08 Å². The van der Waals surface area contributed by atoms with E-state index in [4.69, 9.17) is 0 Å². The highest BCUT2D eigenvalue weighted by molar-refractivity contribution is 5.98. The zero-order chi connectivity index (χ0) is 6.69. The Morgan fingerprint density at radius 1 is 1.56 bits per heavy atom. The van der Waals surface area contributed by atoms with Crippen molar-refractivity contribution in [2.45, 2.75) is 19.8 Å². The van der Waals surface area contributed by atoms with Gasteiger partial charge in [0.15, 0.2) is 0 Å². The Balaban J connectivity index is 2.48. The number of allylic oxidation sites excluding steroid dienone is 2. The second kappa shape index (κ2) is 2.81. The zero-order valence-electron chi connectivity index (χ0n) is 6.09. The first-order valence-electron chi connectivity index (χ1n) is 3.48. The molecule has 0 N–H and O–H groups in total. The van der Waals surface area contributed by atoms with E-state index in [9.17, 15) is 0 Å². The molecular formula is C8H13N. The lowest BCUT2D eigenvalue weighted by molar-refractivity contribution is 1.18. The lowest BCUT2D eigenvalue weighted by Crippen LogP contribution is -1.94. The fraction of sp³-hybridized carbons (Fsp3) is 0.625. The highest BCUT2D eigenvalue weighted by Gasteiger charge is 2.24. The van der Waals surface area contributed by atoms with Crippen molar-refractivity contribution in [3.8, 4) is 0 Å². The third kappa shape index (κ3) is 1.67. The van der Waals surface area contributed by atoms with Crippen LogP contribution in [0.1, 0.15) is 19.8 Å². The average molecular weight is 123 g/mol. The van der Waals surface area contributed by atoms with Crippen molar-refractivity contribution in [2.75, 3.05) is 7.05 Å². The van der Waals surface area contributed by atoms with E-state index in [1.165, 1.54) is 18.6 Å². The minimum absolute atomic E-state index is 0.797. The second-order valence-electron chi connectivity index (χ2n) is 2.42. The predicted molar refractivity (Wildman–Crippen MR) is 40.9 cm³/mol. The Bertz CT molecular complexity index is 141. The van der Waals surface area contributed by atoms with E-state index in [1.807, 2.05) is 14.0 Å². The van der Waals surface area contributed by atoms with Gasteiger partial charge in [0.25, 0.3) is 0 Å². The third-order valence-corrected chi connectivity index (χ3v) is 1.59. The minimum atomic E-state index is 0.797. The maximum Gasteiger partial charge on any atom is 0.0372 e. The van der Waals surface area contributed by atoms with Crippen LogP contribution in [0.25, 0.3) is 0 Å². The topological polar surface area (TPSA) is 12.4 Å². The van der Waals surface area contributed by atoms with Crippen molar-refractivity contribution in [1.29, 1.82) is 0 Å². The number of aliphatic imine (C=N–C) groups is 1. The Labute approximate surface area is 56.5 Å². The largest absolute Gasteiger partial charge is 0.293 e. The molecule has 1 nitrogen and oxygen atoms in total. The summed E-state index contributed by atoms with van der Waals surface area (Å²) in [6.07, 6.45) is 6.85. The van der Waals surface area contributed by atoms with Crippen LogP contribution in [0.3, 0.4) is 0 Å². The fourth-order valence-corrected chi connectivity index (χ4v) is 0.943. The van der Waals surface area contributed by atoms with Crippen molar-refractivity contribution in [3.63, 3.8) is 0 Å². The van der Waals surface area contributed by atoms with Gasteiger partial charge >= 0.3 is 0 Å². The van der Waals surface area contributed by atoms with Gasteiger partial charge in [0, 0.05) is 18.7 Å².